The molecule has 0 bridgehead atoms. The number of carbonyl (C=O) groups is 3. The van der Waals surface area contributed by atoms with Crippen molar-refractivity contribution in [3.05, 3.63) is 48.0 Å². The van der Waals surface area contributed by atoms with Gasteiger partial charge in [-0.3, -0.25) is 14.4 Å². The SMILES string of the molecule is COc1ccc(C)cc1N1C[C@H](C(=O)Nc2cccc(NC(=O)C(C)(C)C)c2)CC1=O. The van der Waals surface area contributed by atoms with Crippen molar-refractivity contribution in [2.75, 3.05) is 29.2 Å². The summed E-state index contributed by atoms with van der Waals surface area (Å²) >= 11 is 0. The van der Waals surface area contributed by atoms with E-state index in [0.29, 0.717) is 22.8 Å². The van der Waals surface area contributed by atoms with Gasteiger partial charge in [0.15, 0.2) is 0 Å². The Hall–Kier alpha value is -3.35. The van der Waals surface area contributed by atoms with Gasteiger partial charge in [-0.05, 0) is 42.8 Å². The number of hydrogen-bond acceptors (Lipinski definition) is 4. The number of anilines is 3. The van der Waals surface area contributed by atoms with Crippen LogP contribution < -0.4 is 20.3 Å². The largest absolute Gasteiger partial charge is 0.495 e. The fourth-order valence-electron chi connectivity index (χ4n) is 3.36. The Morgan fingerprint density at radius 3 is 2.39 bits per heavy atom. The van der Waals surface area contributed by atoms with Gasteiger partial charge in [0.2, 0.25) is 17.7 Å². The summed E-state index contributed by atoms with van der Waals surface area (Å²) in [6, 6.07) is 12.6. The second-order valence-electron chi connectivity index (χ2n) is 8.85. The molecule has 7 heteroatoms. The summed E-state index contributed by atoms with van der Waals surface area (Å²) in [6.07, 6.45) is 0.128. The third-order valence-electron chi connectivity index (χ3n) is 5.19. The predicted octanol–water partition coefficient (Wildman–Crippen LogP) is 3.98. The minimum Gasteiger partial charge on any atom is -0.495 e. The van der Waals surface area contributed by atoms with Crippen molar-refractivity contribution in [2.24, 2.45) is 11.3 Å². The first-order valence-corrected chi connectivity index (χ1v) is 10.3. The topological polar surface area (TPSA) is 87.7 Å². The van der Waals surface area contributed by atoms with Crippen LogP contribution in [0, 0.1) is 18.3 Å². The first kappa shape index (κ1) is 22.3. The van der Waals surface area contributed by atoms with Crippen LogP contribution in [0.2, 0.25) is 0 Å². The number of hydrogen-bond donors (Lipinski definition) is 2. The number of amides is 3. The van der Waals surface area contributed by atoms with Crippen molar-refractivity contribution in [2.45, 2.75) is 34.1 Å². The number of nitrogens with one attached hydrogen (secondary N) is 2. The van der Waals surface area contributed by atoms with Crippen LogP contribution in [0.1, 0.15) is 32.8 Å². The van der Waals surface area contributed by atoms with E-state index < -0.39 is 11.3 Å². The summed E-state index contributed by atoms with van der Waals surface area (Å²) in [6.45, 7) is 7.73. The molecular formula is C24H29N3O4. The molecule has 1 aliphatic heterocycles. The van der Waals surface area contributed by atoms with Crippen LogP contribution in [0.3, 0.4) is 0 Å². The zero-order chi connectivity index (χ0) is 22.8. The van der Waals surface area contributed by atoms with E-state index in [1.165, 1.54) is 0 Å². The minimum atomic E-state index is -0.524. The number of methoxy groups -OCH3 is 1. The highest BCUT2D eigenvalue weighted by Crippen LogP contribution is 2.34. The molecule has 1 heterocycles. The van der Waals surface area contributed by atoms with Crippen LogP contribution in [0.5, 0.6) is 5.75 Å². The molecule has 1 aliphatic rings. The van der Waals surface area contributed by atoms with Gasteiger partial charge in [-0.2, -0.15) is 0 Å². The number of ether oxygens (including phenoxy) is 1. The van der Waals surface area contributed by atoms with Crippen molar-refractivity contribution in [3.8, 4) is 5.75 Å². The van der Waals surface area contributed by atoms with Crippen molar-refractivity contribution in [1.82, 2.24) is 0 Å². The van der Waals surface area contributed by atoms with E-state index in [1.807, 2.05) is 45.9 Å². The first-order valence-electron chi connectivity index (χ1n) is 10.3. The lowest BCUT2D eigenvalue weighted by Gasteiger charge is -2.20. The molecule has 0 unspecified atom stereocenters. The molecule has 0 radical (unpaired) electrons. The molecule has 2 aromatic carbocycles. The number of rotatable bonds is 5. The van der Waals surface area contributed by atoms with E-state index in [1.54, 1.807) is 36.3 Å². The van der Waals surface area contributed by atoms with Gasteiger partial charge in [0.05, 0.1) is 18.7 Å². The molecule has 0 saturated carbocycles. The van der Waals surface area contributed by atoms with Crippen LogP contribution in [0.25, 0.3) is 0 Å². The first-order chi connectivity index (χ1) is 14.6. The smallest absolute Gasteiger partial charge is 0.229 e. The summed E-state index contributed by atoms with van der Waals surface area (Å²) in [5.74, 6) is -0.343. The monoisotopic (exact) mass is 423 g/mol. The van der Waals surface area contributed by atoms with Crippen molar-refractivity contribution < 1.29 is 19.1 Å². The Bertz CT molecular complexity index is 1010. The third kappa shape index (κ3) is 5.23. The Kier molecular flexibility index (Phi) is 6.34. The van der Waals surface area contributed by atoms with Gasteiger partial charge in [-0.15, -0.1) is 0 Å². The molecule has 2 aromatic rings. The summed E-state index contributed by atoms with van der Waals surface area (Å²) in [4.78, 5) is 39.3. The van der Waals surface area contributed by atoms with E-state index >= 15 is 0 Å². The van der Waals surface area contributed by atoms with Crippen LogP contribution in [0.15, 0.2) is 42.5 Å². The lowest BCUT2D eigenvalue weighted by molar-refractivity contribution is -0.123. The molecule has 164 valence electrons. The average Bonchev–Trinajstić information content (AvgIpc) is 3.09. The normalized spacial score (nSPS) is 16.2. The van der Waals surface area contributed by atoms with Crippen molar-refractivity contribution in [3.63, 3.8) is 0 Å². The zero-order valence-corrected chi connectivity index (χ0v) is 18.6. The minimum absolute atomic E-state index is 0.111. The summed E-state index contributed by atoms with van der Waals surface area (Å²) in [7, 11) is 1.56. The summed E-state index contributed by atoms with van der Waals surface area (Å²) in [5.41, 5.74) is 2.33. The van der Waals surface area contributed by atoms with Crippen molar-refractivity contribution in [1.29, 1.82) is 0 Å². The maximum atomic E-state index is 12.8. The lowest BCUT2D eigenvalue weighted by atomic mass is 9.95. The fraction of sp³-hybridized carbons (Fsp3) is 0.375. The van der Waals surface area contributed by atoms with Crippen LogP contribution in [-0.4, -0.2) is 31.4 Å². The maximum absolute atomic E-state index is 12.8. The van der Waals surface area contributed by atoms with E-state index in [-0.39, 0.29) is 30.7 Å². The third-order valence-corrected chi connectivity index (χ3v) is 5.19. The van der Waals surface area contributed by atoms with E-state index in [0.717, 1.165) is 5.56 Å². The fourth-order valence-corrected chi connectivity index (χ4v) is 3.36. The van der Waals surface area contributed by atoms with Gasteiger partial charge >= 0.3 is 0 Å². The standard InChI is InChI=1S/C24H29N3O4/c1-15-9-10-20(31-5)19(11-15)27-14-16(12-21(27)28)22(29)25-17-7-6-8-18(13-17)26-23(30)24(2,3)4/h6-11,13,16H,12,14H2,1-5H3,(H,25,29)(H,26,30)/t16-/m1/s1. The quantitative estimate of drug-likeness (QED) is 0.761. The molecular weight excluding hydrogens is 394 g/mol. The van der Waals surface area contributed by atoms with Crippen LogP contribution in [-0.2, 0) is 14.4 Å². The van der Waals surface area contributed by atoms with E-state index in [9.17, 15) is 14.4 Å². The molecule has 7 nitrogen and oxygen atoms in total. The maximum Gasteiger partial charge on any atom is 0.229 e. The summed E-state index contributed by atoms with van der Waals surface area (Å²) in [5, 5.41) is 5.72. The Morgan fingerprint density at radius 2 is 1.74 bits per heavy atom. The molecule has 0 aromatic heterocycles. The molecule has 31 heavy (non-hydrogen) atoms. The average molecular weight is 424 g/mol. The highest BCUT2D eigenvalue weighted by Gasteiger charge is 2.36. The molecule has 1 saturated heterocycles. The number of nitrogens with zero attached hydrogens (tertiary/aromatic N) is 1. The molecule has 1 fully saturated rings. The van der Waals surface area contributed by atoms with Gasteiger partial charge in [0, 0.05) is 29.8 Å². The molecule has 1 atom stereocenters. The Morgan fingerprint density at radius 1 is 1.06 bits per heavy atom. The highest BCUT2D eigenvalue weighted by molar-refractivity contribution is 6.04. The molecule has 0 aliphatic carbocycles. The molecule has 0 spiro atoms. The predicted molar refractivity (Wildman–Crippen MR) is 121 cm³/mol. The van der Waals surface area contributed by atoms with Gasteiger partial charge in [0.25, 0.3) is 0 Å². The van der Waals surface area contributed by atoms with Crippen molar-refractivity contribution >= 4 is 34.8 Å². The zero-order valence-electron chi connectivity index (χ0n) is 18.6. The second kappa shape index (κ2) is 8.79. The molecule has 3 rings (SSSR count). The second-order valence-corrected chi connectivity index (χ2v) is 8.85. The number of aryl methyl sites for hydroxylation is 1. The number of carbonyl (C=O) groups excluding carboxylic acids is 3. The van der Waals surface area contributed by atoms with E-state index in [4.69, 9.17) is 4.74 Å². The highest BCUT2D eigenvalue weighted by atomic mass is 16.5. The summed E-state index contributed by atoms with van der Waals surface area (Å²) < 4.78 is 5.39. The Balaban J connectivity index is 1.70. The van der Waals surface area contributed by atoms with Crippen LogP contribution >= 0.6 is 0 Å². The van der Waals surface area contributed by atoms with Gasteiger partial charge in [-0.25, -0.2) is 0 Å². The number of benzene rings is 2. The van der Waals surface area contributed by atoms with Crippen LogP contribution in [0.4, 0.5) is 17.1 Å². The van der Waals surface area contributed by atoms with Gasteiger partial charge < -0.3 is 20.3 Å². The molecule has 3 amide bonds. The van der Waals surface area contributed by atoms with E-state index in [2.05, 4.69) is 10.6 Å². The van der Waals surface area contributed by atoms with Gasteiger partial charge in [0.1, 0.15) is 5.75 Å². The lowest BCUT2D eigenvalue weighted by Crippen LogP contribution is -2.29. The van der Waals surface area contributed by atoms with Gasteiger partial charge in [-0.1, -0.05) is 32.9 Å². The Labute approximate surface area is 182 Å². The molecule has 2 N–H and O–H groups in total.